The number of benzene rings is 1. The number of hydrogen-bond donors (Lipinski definition) is 2. The average molecular weight is 425 g/mol. The minimum absolute atomic E-state index is 0.0553. The fourth-order valence-corrected chi connectivity index (χ4v) is 4.66. The number of thiazole rings is 1. The largest absolute Gasteiger partial charge is 0.479 e. The SMILES string of the molecule is COc1ncnc2sc(NC(=O)N3CCC(n4c(=O)[nH]c5ccccc54)CC3)nc12. The van der Waals surface area contributed by atoms with E-state index in [0.29, 0.717) is 47.3 Å². The first-order valence-corrected chi connectivity index (χ1v) is 10.4. The number of methoxy groups -OCH3 is 1. The Kier molecular flexibility index (Phi) is 4.58. The van der Waals surface area contributed by atoms with E-state index in [9.17, 15) is 9.59 Å². The Morgan fingerprint density at radius 2 is 2.07 bits per heavy atom. The summed E-state index contributed by atoms with van der Waals surface area (Å²) < 4.78 is 7.00. The molecule has 0 unspecified atom stereocenters. The predicted molar refractivity (Wildman–Crippen MR) is 113 cm³/mol. The second-order valence-electron chi connectivity index (χ2n) is 7.02. The third kappa shape index (κ3) is 3.16. The highest BCUT2D eigenvalue weighted by molar-refractivity contribution is 7.22. The van der Waals surface area contributed by atoms with Crippen LogP contribution in [0.2, 0.25) is 0 Å². The molecule has 1 saturated heterocycles. The zero-order valence-electron chi connectivity index (χ0n) is 16.2. The van der Waals surface area contributed by atoms with Gasteiger partial charge in [0.25, 0.3) is 0 Å². The first-order valence-electron chi connectivity index (χ1n) is 9.55. The molecule has 1 aliphatic rings. The summed E-state index contributed by atoms with van der Waals surface area (Å²) in [6.07, 6.45) is 2.81. The molecular formula is C19H19N7O3S. The van der Waals surface area contributed by atoms with Crippen LogP contribution in [0.4, 0.5) is 9.93 Å². The molecule has 30 heavy (non-hydrogen) atoms. The van der Waals surface area contributed by atoms with Crippen LogP contribution in [0.25, 0.3) is 21.4 Å². The number of likely N-dealkylation sites (tertiary alicyclic amines) is 1. The van der Waals surface area contributed by atoms with Crippen LogP contribution in [0.5, 0.6) is 5.88 Å². The molecule has 5 rings (SSSR count). The first kappa shape index (κ1) is 18.6. The van der Waals surface area contributed by atoms with Crippen molar-refractivity contribution < 1.29 is 9.53 Å². The van der Waals surface area contributed by atoms with Crippen molar-refractivity contribution in [2.24, 2.45) is 0 Å². The van der Waals surface area contributed by atoms with Gasteiger partial charge in [-0.05, 0) is 25.0 Å². The van der Waals surface area contributed by atoms with Gasteiger partial charge in [0.1, 0.15) is 6.33 Å². The molecule has 154 valence electrons. The van der Waals surface area contributed by atoms with E-state index in [1.165, 1.54) is 24.8 Å². The summed E-state index contributed by atoms with van der Waals surface area (Å²) in [7, 11) is 1.52. The van der Waals surface area contributed by atoms with Crippen molar-refractivity contribution in [1.29, 1.82) is 0 Å². The minimum Gasteiger partial charge on any atom is -0.479 e. The molecule has 4 heterocycles. The zero-order valence-corrected chi connectivity index (χ0v) is 17.0. The van der Waals surface area contributed by atoms with Gasteiger partial charge in [-0.25, -0.2) is 19.6 Å². The lowest BCUT2D eigenvalue weighted by Crippen LogP contribution is -2.42. The number of H-pyrrole nitrogens is 1. The molecule has 3 aromatic heterocycles. The molecule has 2 amide bonds. The molecule has 0 saturated carbocycles. The molecule has 0 spiro atoms. The molecule has 2 N–H and O–H groups in total. The van der Waals surface area contributed by atoms with Gasteiger partial charge in [-0.3, -0.25) is 9.88 Å². The van der Waals surface area contributed by atoms with Gasteiger partial charge in [-0.1, -0.05) is 23.5 Å². The van der Waals surface area contributed by atoms with Gasteiger partial charge in [-0.2, -0.15) is 4.98 Å². The van der Waals surface area contributed by atoms with Crippen LogP contribution in [0, 0.1) is 0 Å². The number of hydrogen-bond acceptors (Lipinski definition) is 7. The molecule has 1 fully saturated rings. The van der Waals surface area contributed by atoms with Crippen LogP contribution in [-0.4, -0.2) is 55.6 Å². The van der Waals surface area contributed by atoms with Gasteiger partial charge >= 0.3 is 11.7 Å². The molecule has 1 aliphatic heterocycles. The third-order valence-corrected chi connectivity index (χ3v) is 6.19. The lowest BCUT2D eigenvalue weighted by atomic mass is 10.0. The van der Waals surface area contributed by atoms with Crippen LogP contribution in [-0.2, 0) is 0 Å². The second kappa shape index (κ2) is 7.41. The molecule has 10 nitrogen and oxygen atoms in total. The molecule has 0 aliphatic carbocycles. The summed E-state index contributed by atoms with van der Waals surface area (Å²) in [5.74, 6) is 0.377. The number of carbonyl (C=O) groups excluding carboxylic acids is 1. The number of imidazole rings is 1. The first-order chi connectivity index (χ1) is 14.6. The van der Waals surface area contributed by atoms with E-state index >= 15 is 0 Å². The highest BCUT2D eigenvalue weighted by Crippen LogP contribution is 2.30. The molecule has 0 atom stereocenters. The number of aromatic amines is 1. The number of carbonyl (C=O) groups is 1. The van der Waals surface area contributed by atoms with E-state index in [4.69, 9.17) is 4.74 Å². The van der Waals surface area contributed by atoms with Gasteiger partial charge in [0.2, 0.25) is 5.88 Å². The Hall–Kier alpha value is -3.47. The van der Waals surface area contributed by atoms with Crippen LogP contribution in [0.1, 0.15) is 18.9 Å². The van der Waals surface area contributed by atoms with Gasteiger partial charge < -0.3 is 14.6 Å². The van der Waals surface area contributed by atoms with E-state index in [1.54, 1.807) is 4.90 Å². The van der Waals surface area contributed by atoms with Gasteiger partial charge in [0.05, 0.1) is 18.1 Å². The summed E-state index contributed by atoms with van der Waals surface area (Å²) in [5, 5.41) is 3.29. The Morgan fingerprint density at radius 3 is 2.87 bits per heavy atom. The number of nitrogens with one attached hydrogen (secondary N) is 2. The number of piperidine rings is 1. The maximum absolute atomic E-state index is 12.7. The third-order valence-electron chi connectivity index (χ3n) is 5.31. The summed E-state index contributed by atoms with van der Waals surface area (Å²) in [6, 6.07) is 7.50. The van der Waals surface area contributed by atoms with Crippen LogP contribution < -0.4 is 15.7 Å². The number of ether oxygens (including phenoxy) is 1. The minimum atomic E-state index is -0.217. The molecular weight excluding hydrogens is 406 g/mol. The van der Waals surface area contributed by atoms with Crippen LogP contribution >= 0.6 is 11.3 Å². The zero-order chi connectivity index (χ0) is 20.7. The molecule has 0 radical (unpaired) electrons. The fraction of sp³-hybridized carbons (Fsp3) is 0.316. The van der Waals surface area contributed by atoms with Crippen molar-refractivity contribution >= 4 is 43.9 Å². The fourth-order valence-electron chi connectivity index (χ4n) is 3.87. The highest BCUT2D eigenvalue weighted by Gasteiger charge is 2.26. The number of amides is 2. The summed E-state index contributed by atoms with van der Waals surface area (Å²) in [4.78, 5) is 43.0. The van der Waals surface area contributed by atoms with E-state index in [-0.39, 0.29) is 17.8 Å². The summed E-state index contributed by atoms with van der Waals surface area (Å²) >= 11 is 1.27. The highest BCUT2D eigenvalue weighted by atomic mass is 32.1. The number of fused-ring (bicyclic) bond motifs is 2. The Labute approximate surface area is 174 Å². The topological polar surface area (TPSA) is 118 Å². The predicted octanol–water partition coefficient (Wildman–Crippen LogP) is 2.61. The van der Waals surface area contributed by atoms with E-state index in [0.717, 1.165) is 11.0 Å². The van der Waals surface area contributed by atoms with Gasteiger partial charge in [0.15, 0.2) is 15.5 Å². The number of aromatic nitrogens is 5. The molecule has 4 aromatic rings. The standard InChI is InChI=1S/C19H19N7O3S/c1-29-15-14-16(21-10-20-15)30-17(23-14)24-18(27)25-8-6-11(7-9-25)26-13-5-3-2-4-12(13)22-19(26)28/h2-5,10-11H,6-9H2,1H3,(H,22,28)(H,23,24,27). The number of anilines is 1. The van der Waals surface area contributed by atoms with Crippen molar-refractivity contribution in [3.63, 3.8) is 0 Å². The summed E-state index contributed by atoms with van der Waals surface area (Å²) in [6.45, 7) is 1.10. The van der Waals surface area contributed by atoms with Crippen LogP contribution in [0.15, 0.2) is 35.4 Å². The lowest BCUT2D eigenvalue weighted by molar-refractivity contribution is 0.184. The van der Waals surface area contributed by atoms with Gasteiger partial charge in [0, 0.05) is 19.1 Å². The van der Waals surface area contributed by atoms with Gasteiger partial charge in [-0.15, -0.1) is 0 Å². The Bertz CT molecular complexity index is 1290. The second-order valence-corrected chi connectivity index (χ2v) is 8.00. The Balaban J connectivity index is 1.28. The van der Waals surface area contributed by atoms with E-state index < -0.39 is 0 Å². The quantitative estimate of drug-likeness (QED) is 0.521. The van der Waals surface area contributed by atoms with E-state index in [2.05, 4.69) is 25.3 Å². The monoisotopic (exact) mass is 425 g/mol. The number of rotatable bonds is 3. The van der Waals surface area contributed by atoms with Crippen molar-refractivity contribution in [1.82, 2.24) is 29.4 Å². The van der Waals surface area contributed by atoms with Crippen LogP contribution in [0.3, 0.4) is 0 Å². The van der Waals surface area contributed by atoms with Crippen molar-refractivity contribution in [2.75, 3.05) is 25.5 Å². The smallest absolute Gasteiger partial charge is 0.326 e. The maximum atomic E-state index is 12.7. The Morgan fingerprint density at radius 1 is 1.27 bits per heavy atom. The lowest BCUT2D eigenvalue weighted by Gasteiger charge is -2.32. The molecule has 11 heteroatoms. The van der Waals surface area contributed by atoms with Crippen molar-refractivity contribution in [3.8, 4) is 5.88 Å². The molecule has 0 bridgehead atoms. The average Bonchev–Trinajstić information content (AvgIpc) is 3.33. The number of urea groups is 1. The summed E-state index contributed by atoms with van der Waals surface area (Å²) in [5.41, 5.74) is 2.15. The normalized spacial score (nSPS) is 15.0. The van der Waals surface area contributed by atoms with E-state index in [1.807, 2.05) is 28.8 Å². The number of nitrogens with zero attached hydrogens (tertiary/aromatic N) is 5. The van der Waals surface area contributed by atoms with Crippen molar-refractivity contribution in [3.05, 3.63) is 41.1 Å². The van der Waals surface area contributed by atoms with Crippen molar-refractivity contribution in [2.45, 2.75) is 18.9 Å². The maximum Gasteiger partial charge on any atom is 0.326 e. The number of para-hydroxylation sites is 2. The molecule has 1 aromatic carbocycles.